The number of aromatic nitrogens is 1. The van der Waals surface area contributed by atoms with Crippen LogP contribution in [-0.2, 0) is 13.0 Å². The standard InChI is InChI=1S/C29H34N2O2/c1-2-23-20-27(33-21-26-13-5-6-18-30-26)16-17-28(23)31-25-14-8-12-24(19-25)29(32)15-7-11-22-9-3-4-10-22/h5-6,8,12-14,16-20,22,31H,2-4,7,9-11,15,21H2,1H3. The Kier molecular flexibility index (Phi) is 8.13. The van der Waals surface area contributed by atoms with Gasteiger partial charge >= 0.3 is 0 Å². The van der Waals surface area contributed by atoms with Crippen LogP contribution in [0.3, 0.4) is 0 Å². The van der Waals surface area contributed by atoms with E-state index in [1.54, 1.807) is 6.20 Å². The summed E-state index contributed by atoms with van der Waals surface area (Å²) < 4.78 is 5.93. The zero-order valence-corrected chi connectivity index (χ0v) is 19.6. The number of ketones is 1. The van der Waals surface area contributed by atoms with Crippen LogP contribution in [0.25, 0.3) is 0 Å². The van der Waals surface area contributed by atoms with Gasteiger partial charge in [-0.2, -0.15) is 0 Å². The van der Waals surface area contributed by atoms with Gasteiger partial charge in [0.25, 0.3) is 0 Å². The summed E-state index contributed by atoms with van der Waals surface area (Å²) >= 11 is 0. The fourth-order valence-corrected chi connectivity index (χ4v) is 4.64. The Morgan fingerprint density at radius 1 is 1.06 bits per heavy atom. The molecule has 3 aromatic rings. The van der Waals surface area contributed by atoms with E-state index < -0.39 is 0 Å². The van der Waals surface area contributed by atoms with Crippen molar-refractivity contribution in [3.63, 3.8) is 0 Å². The predicted molar refractivity (Wildman–Crippen MR) is 134 cm³/mol. The van der Waals surface area contributed by atoms with Crippen LogP contribution < -0.4 is 10.1 Å². The lowest BCUT2D eigenvalue weighted by atomic mass is 9.97. The van der Waals surface area contributed by atoms with Gasteiger partial charge in [-0.05, 0) is 66.8 Å². The Balaban J connectivity index is 1.36. The number of nitrogens with one attached hydrogen (secondary N) is 1. The van der Waals surface area contributed by atoms with Crippen molar-refractivity contribution in [2.45, 2.75) is 64.9 Å². The molecule has 0 atom stereocenters. The third-order valence-corrected chi connectivity index (χ3v) is 6.52. The largest absolute Gasteiger partial charge is 0.487 e. The van der Waals surface area contributed by atoms with Gasteiger partial charge in [0, 0.05) is 29.6 Å². The lowest BCUT2D eigenvalue weighted by Gasteiger charge is -2.14. The van der Waals surface area contributed by atoms with Crippen LogP contribution in [0.4, 0.5) is 11.4 Å². The normalized spacial score (nSPS) is 13.7. The van der Waals surface area contributed by atoms with Crippen molar-refractivity contribution in [2.24, 2.45) is 5.92 Å². The van der Waals surface area contributed by atoms with Crippen molar-refractivity contribution in [1.29, 1.82) is 0 Å². The number of hydrogen-bond donors (Lipinski definition) is 1. The molecule has 0 radical (unpaired) electrons. The average Bonchev–Trinajstić information content (AvgIpc) is 3.38. The number of nitrogens with zero attached hydrogens (tertiary/aromatic N) is 1. The van der Waals surface area contributed by atoms with E-state index in [-0.39, 0.29) is 5.78 Å². The molecule has 0 aliphatic heterocycles. The van der Waals surface area contributed by atoms with E-state index in [1.807, 2.05) is 54.6 Å². The van der Waals surface area contributed by atoms with Crippen molar-refractivity contribution in [3.05, 3.63) is 83.7 Å². The summed E-state index contributed by atoms with van der Waals surface area (Å²) in [7, 11) is 0. The fraction of sp³-hybridized carbons (Fsp3) is 0.379. The summed E-state index contributed by atoms with van der Waals surface area (Å²) in [6.45, 7) is 2.58. The number of carbonyl (C=O) groups excluding carboxylic acids is 1. The van der Waals surface area contributed by atoms with Gasteiger partial charge in [0.15, 0.2) is 5.78 Å². The number of ether oxygens (including phenoxy) is 1. The molecule has 1 fully saturated rings. The minimum atomic E-state index is 0.241. The molecule has 0 amide bonds. The van der Waals surface area contributed by atoms with Crippen molar-refractivity contribution in [3.8, 4) is 5.75 Å². The minimum absolute atomic E-state index is 0.241. The number of hydrogen-bond acceptors (Lipinski definition) is 4. The molecule has 4 nitrogen and oxygen atoms in total. The molecule has 1 aliphatic rings. The van der Waals surface area contributed by atoms with E-state index >= 15 is 0 Å². The van der Waals surface area contributed by atoms with Crippen molar-refractivity contribution < 1.29 is 9.53 Å². The maximum atomic E-state index is 12.7. The molecule has 1 aliphatic carbocycles. The molecule has 172 valence electrons. The highest BCUT2D eigenvalue weighted by Gasteiger charge is 2.15. The van der Waals surface area contributed by atoms with Gasteiger partial charge in [0.05, 0.1) is 5.69 Å². The van der Waals surface area contributed by atoms with Crippen LogP contribution in [0, 0.1) is 5.92 Å². The number of aryl methyl sites for hydroxylation is 1. The molecule has 1 aromatic heterocycles. The van der Waals surface area contributed by atoms with Gasteiger partial charge in [-0.15, -0.1) is 0 Å². The third-order valence-electron chi connectivity index (χ3n) is 6.52. The van der Waals surface area contributed by atoms with Crippen LogP contribution in [0.5, 0.6) is 5.75 Å². The maximum Gasteiger partial charge on any atom is 0.162 e. The highest BCUT2D eigenvalue weighted by Crippen LogP contribution is 2.30. The van der Waals surface area contributed by atoms with E-state index in [0.717, 1.165) is 47.1 Å². The molecule has 0 spiro atoms. The predicted octanol–water partition coefficient (Wildman–Crippen LogP) is 7.51. The van der Waals surface area contributed by atoms with Crippen LogP contribution >= 0.6 is 0 Å². The summed E-state index contributed by atoms with van der Waals surface area (Å²) in [5.41, 5.74) is 4.84. The quantitative estimate of drug-likeness (QED) is 0.312. The molecule has 33 heavy (non-hydrogen) atoms. The van der Waals surface area contributed by atoms with Crippen LogP contribution in [0.2, 0.25) is 0 Å². The molecule has 1 saturated carbocycles. The van der Waals surface area contributed by atoms with Crippen molar-refractivity contribution in [1.82, 2.24) is 4.98 Å². The second-order valence-electron chi connectivity index (χ2n) is 8.95. The topological polar surface area (TPSA) is 51.2 Å². The van der Waals surface area contributed by atoms with Crippen molar-refractivity contribution >= 4 is 17.2 Å². The van der Waals surface area contributed by atoms with E-state index in [4.69, 9.17) is 4.74 Å². The van der Waals surface area contributed by atoms with Gasteiger partial charge < -0.3 is 10.1 Å². The molecule has 4 rings (SSSR count). The Labute approximate surface area is 197 Å². The molecular weight excluding hydrogens is 408 g/mol. The third kappa shape index (κ3) is 6.67. The first-order chi connectivity index (χ1) is 16.2. The Hall–Kier alpha value is -3.14. The Morgan fingerprint density at radius 2 is 1.94 bits per heavy atom. The smallest absolute Gasteiger partial charge is 0.162 e. The molecular formula is C29H34N2O2. The minimum Gasteiger partial charge on any atom is -0.487 e. The first kappa shape index (κ1) is 23.0. The summed E-state index contributed by atoms with van der Waals surface area (Å²) in [6, 6.07) is 19.8. The average molecular weight is 443 g/mol. The summed E-state index contributed by atoms with van der Waals surface area (Å²) in [5.74, 6) is 1.91. The van der Waals surface area contributed by atoms with Gasteiger partial charge in [0.1, 0.15) is 12.4 Å². The Morgan fingerprint density at radius 3 is 2.73 bits per heavy atom. The second-order valence-corrected chi connectivity index (χ2v) is 8.95. The molecule has 4 heteroatoms. The number of anilines is 2. The van der Waals surface area contributed by atoms with Gasteiger partial charge in [0.2, 0.25) is 0 Å². The van der Waals surface area contributed by atoms with Crippen molar-refractivity contribution in [2.75, 3.05) is 5.32 Å². The lowest BCUT2D eigenvalue weighted by Crippen LogP contribution is -2.03. The van der Waals surface area contributed by atoms with E-state index in [9.17, 15) is 4.79 Å². The zero-order chi connectivity index (χ0) is 22.9. The lowest BCUT2D eigenvalue weighted by molar-refractivity contribution is 0.0977. The molecule has 0 bridgehead atoms. The van der Waals surface area contributed by atoms with Crippen LogP contribution in [-0.4, -0.2) is 10.8 Å². The molecule has 1 N–H and O–H groups in total. The van der Waals surface area contributed by atoms with Crippen LogP contribution in [0.1, 0.15) is 73.5 Å². The number of rotatable bonds is 11. The zero-order valence-electron chi connectivity index (χ0n) is 19.6. The molecule has 0 unspecified atom stereocenters. The van der Waals surface area contributed by atoms with E-state index in [1.165, 1.54) is 37.7 Å². The Bertz CT molecular complexity index is 1040. The second kappa shape index (κ2) is 11.6. The molecule has 2 aromatic carbocycles. The highest BCUT2D eigenvalue weighted by atomic mass is 16.5. The SMILES string of the molecule is CCc1cc(OCc2ccccn2)ccc1Nc1cccc(C(=O)CCCC2CCCC2)c1. The van der Waals surface area contributed by atoms with Gasteiger partial charge in [-0.1, -0.05) is 57.2 Å². The number of pyridine rings is 1. The van der Waals surface area contributed by atoms with Gasteiger partial charge in [-0.25, -0.2) is 0 Å². The fourth-order valence-electron chi connectivity index (χ4n) is 4.64. The summed E-state index contributed by atoms with van der Waals surface area (Å²) in [6.07, 6.45) is 10.9. The number of Topliss-reactive ketones (excluding diaryl/α,β-unsaturated/α-hetero) is 1. The number of benzene rings is 2. The first-order valence-electron chi connectivity index (χ1n) is 12.3. The molecule has 0 saturated heterocycles. The molecule has 1 heterocycles. The summed E-state index contributed by atoms with van der Waals surface area (Å²) in [4.78, 5) is 17.0. The summed E-state index contributed by atoms with van der Waals surface area (Å²) in [5, 5.41) is 3.50. The first-order valence-corrected chi connectivity index (χ1v) is 12.3. The van der Waals surface area contributed by atoms with E-state index in [2.05, 4.69) is 23.3 Å². The van der Waals surface area contributed by atoms with Gasteiger partial charge in [-0.3, -0.25) is 9.78 Å². The van der Waals surface area contributed by atoms with Crippen LogP contribution in [0.15, 0.2) is 66.9 Å². The van der Waals surface area contributed by atoms with E-state index in [0.29, 0.717) is 13.0 Å². The highest BCUT2D eigenvalue weighted by molar-refractivity contribution is 5.97. The number of carbonyl (C=O) groups is 1. The monoisotopic (exact) mass is 442 g/mol. The maximum absolute atomic E-state index is 12.7.